The van der Waals surface area contributed by atoms with Gasteiger partial charge in [-0.3, -0.25) is 4.98 Å². The topological polar surface area (TPSA) is 24.9 Å². The van der Waals surface area contributed by atoms with Crippen molar-refractivity contribution in [2.75, 3.05) is 7.05 Å². The van der Waals surface area contributed by atoms with Gasteiger partial charge in [-0.25, -0.2) is 8.78 Å². The molecule has 106 valence electrons. The summed E-state index contributed by atoms with van der Waals surface area (Å²) in [6.07, 6.45) is 1.69. The van der Waals surface area contributed by atoms with Crippen molar-refractivity contribution >= 4 is 10.9 Å². The zero-order valence-electron chi connectivity index (χ0n) is 11.5. The number of halogens is 2. The fraction of sp³-hybridized carbons (Fsp3) is 0.118. The number of nitrogens with one attached hydrogen (secondary N) is 1. The molecule has 1 unspecified atom stereocenters. The zero-order valence-corrected chi connectivity index (χ0v) is 11.5. The van der Waals surface area contributed by atoms with Crippen LogP contribution in [0.3, 0.4) is 0 Å². The summed E-state index contributed by atoms with van der Waals surface area (Å²) in [5.41, 5.74) is 1.87. The lowest BCUT2D eigenvalue weighted by Gasteiger charge is -2.19. The fourth-order valence-electron chi connectivity index (χ4n) is 2.58. The van der Waals surface area contributed by atoms with Gasteiger partial charge in [0.15, 0.2) is 0 Å². The van der Waals surface area contributed by atoms with Crippen LogP contribution in [0.15, 0.2) is 54.7 Å². The highest BCUT2D eigenvalue weighted by Crippen LogP contribution is 2.29. The van der Waals surface area contributed by atoms with E-state index in [1.165, 1.54) is 6.07 Å². The normalized spacial score (nSPS) is 12.5. The van der Waals surface area contributed by atoms with Gasteiger partial charge in [0.2, 0.25) is 0 Å². The minimum absolute atomic E-state index is 0.274. The Morgan fingerprint density at radius 2 is 1.81 bits per heavy atom. The summed E-state index contributed by atoms with van der Waals surface area (Å²) in [4.78, 5) is 4.37. The molecule has 21 heavy (non-hydrogen) atoms. The van der Waals surface area contributed by atoms with Gasteiger partial charge in [-0.2, -0.15) is 0 Å². The largest absolute Gasteiger partial charge is 0.309 e. The van der Waals surface area contributed by atoms with E-state index in [9.17, 15) is 8.78 Å². The molecule has 1 atom stereocenters. The molecular formula is C17H14F2N2. The summed E-state index contributed by atoms with van der Waals surface area (Å²) in [6.45, 7) is 0. The van der Waals surface area contributed by atoms with E-state index >= 15 is 0 Å². The smallest absolute Gasteiger partial charge is 0.128 e. The summed E-state index contributed by atoms with van der Waals surface area (Å²) < 4.78 is 27.5. The van der Waals surface area contributed by atoms with Gasteiger partial charge >= 0.3 is 0 Å². The average molecular weight is 284 g/mol. The lowest BCUT2D eigenvalue weighted by Crippen LogP contribution is -2.19. The van der Waals surface area contributed by atoms with E-state index < -0.39 is 17.7 Å². The molecule has 0 saturated carbocycles. The van der Waals surface area contributed by atoms with Crippen LogP contribution in [0.2, 0.25) is 0 Å². The third-order valence-electron chi connectivity index (χ3n) is 3.53. The number of fused-ring (bicyclic) bond motifs is 1. The van der Waals surface area contributed by atoms with E-state index in [-0.39, 0.29) is 5.56 Å². The molecule has 0 bridgehead atoms. The second kappa shape index (κ2) is 5.58. The minimum Gasteiger partial charge on any atom is -0.309 e. The average Bonchev–Trinajstić information content (AvgIpc) is 2.51. The Morgan fingerprint density at radius 1 is 1.00 bits per heavy atom. The SMILES string of the molecule is CNC(c1cc(F)ccc1F)c1cccc2cccnc12. The number of benzene rings is 2. The van der Waals surface area contributed by atoms with Gasteiger partial charge in [-0.05, 0) is 36.9 Å². The van der Waals surface area contributed by atoms with E-state index in [1.807, 2.05) is 30.3 Å². The van der Waals surface area contributed by atoms with E-state index in [2.05, 4.69) is 10.3 Å². The van der Waals surface area contributed by atoms with Crippen LogP contribution in [0, 0.1) is 11.6 Å². The Bertz CT molecular complexity index is 781. The number of hydrogen-bond acceptors (Lipinski definition) is 2. The van der Waals surface area contributed by atoms with Crippen molar-refractivity contribution < 1.29 is 8.78 Å². The second-order valence-corrected chi connectivity index (χ2v) is 4.81. The molecule has 3 rings (SSSR count). The van der Waals surface area contributed by atoms with Crippen LogP contribution in [0.5, 0.6) is 0 Å². The Balaban J connectivity index is 2.21. The van der Waals surface area contributed by atoms with Crippen LogP contribution in [-0.4, -0.2) is 12.0 Å². The summed E-state index contributed by atoms with van der Waals surface area (Å²) >= 11 is 0. The zero-order chi connectivity index (χ0) is 14.8. The number of aromatic nitrogens is 1. The van der Waals surface area contributed by atoms with E-state index in [1.54, 1.807) is 13.2 Å². The molecule has 4 heteroatoms. The Labute approximate surface area is 121 Å². The van der Waals surface area contributed by atoms with Crippen molar-refractivity contribution in [3.8, 4) is 0 Å². The van der Waals surface area contributed by atoms with Crippen molar-refractivity contribution in [1.29, 1.82) is 0 Å². The van der Waals surface area contributed by atoms with Gasteiger partial charge in [0.05, 0.1) is 11.6 Å². The van der Waals surface area contributed by atoms with Crippen LogP contribution in [-0.2, 0) is 0 Å². The van der Waals surface area contributed by atoms with Crippen molar-refractivity contribution in [2.24, 2.45) is 0 Å². The molecule has 0 saturated heterocycles. The predicted octanol–water partition coefficient (Wildman–Crippen LogP) is 3.82. The summed E-state index contributed by atoms with van der Waals surface area (Å²) in [6, 6.07) is 12.5. The molecule has 0 aliphatic carbocycles. The number of nitrogens with zero attached hydrogens (tertiary/aromatic N) is 1. The molecule has 2 aromatic carbocycles. The summed E-state index contributed by atoms with van der Waals surface area (Å²) in [5.74, 6) is -0.900. The van der Waals surface area contributed by atoms with E-state index in [4.69, 9.17) is 0 Å². The molecule has 1 aromatic heterocycles. The van der Waals surface area contributed by atoms with Gasteiger partial charge in [0.1, 0.15) is 11.6 Å². The molecule has 0 fully saturated rings. The standard InChI is InChI=1S/C17H14F2N2/c1-20-17(14-10-12(18)7-8-15(14)19)13-6-2-4-11-5-3-9-21-16(11)13/h2-10,17,20H,1H3. The van der Waals surface area contributed by atoms with Gasteiger partial charge in [-0.1, -0.05) is 24.3 Å². The van der Waals surface area contributed by atoms with Crippen molar-refractivity contribution in [3.05, 3.63) is 77.5 Å². The number of rotatable bonds is 3. The lowest BCUT2D eigenvalue weighted by atomic mass is 9.96. The Morgan fingerprint density at radius 3 is 2.62 bits per heavy atom. The maximum atomic E-state index is 14.1. The molecule has 0 aliphatic heterocycles. The number of hydrogen-bond donors (Lipinski definition) is 1. The maximum Gasteiger partial charge on any atom is 0.128 e. The van der Waals surface area contributed by atoms with Crippen molar-refractivity contribution in [2.45, 2.75) is 6.04 Å². The van der Waals surface area contributed by atoms with E-state index in [0.29, 0.717) is 0 Å². The Hall–Kier alpha value is -2.33. The lowest BCUT2D eigenvalue weighted by molar-refractivity contribution is 0.559. The molecular weight excluding hydrogens is 270 g/mol. The first kappa shape index (κ1) is 13.6. The molecule has 0 aliphatic rings. The monoisotopic (exact) mass is 284 g/mol. The van der Waals surface area contributed by atoms with Crippen LogP contribution in [0.25, 0.3) is 10.9 Å². The first-order valence-corrected chi connectivity index (χ1v) is 6.66. The highest BCUT2D eigenvalue weighted by Gasteiger charge is 2.19. The number of pyridine rings is 1. The second-order valence-electron chi connectivity index (χ2n) is 4.81. The van der Waals surface area contributed by atoms with E-state index in [0.717, 1.165) is 28.6 Å². The summed E-state index contributed by atoms with van der Waals surface area (Å²) in [7, 11) is 1.72. The molecule has 1 N–H and O–H groups in total. The van der Waals surface area contributed by atoms with Crippen molar-refractivity contribution in [3.63, 3.8) is 0 Å². The van der Waals surface area contributed by atoms with Gasteiger partial charge in [0.25, 0.3) is 0 Å². The van der Waals surface area contributed by atoms with Crippen LogP contribution in [0.1, 0.15) is 17.2 Å². The number of para-hydroxylation sites is 1. The molecule has 2 nitrogen and oxygen atoms in total. The Kier molecular flexibility index (Phi) is 3.62. The van der Waals surface area contributed by atoms with Crippen LogP contribution in [0.4, 0.5) is 8.78 Å². The molecule has 1 heterocycles. The van der Waals surface area contributed by atoms with Gasteiger partial charge < -0.3 is 5.32 Å². The quantitative estimate of drug-likeness (QED) is 0.791. The highest BCUT2D eigenvalue weighted by atomic mass is 19.1. The maximum absolute atomic E-state index is 14.1. The molecule has 0 radical (unpaired) electrons. The summed E-state index contributed by atoms with van der Waals surface area (Å²) in [5, 5.41) is 4.01. The third-order valence-corrected chi connectivity index (χ3v) is 3.53. The molecule has 0 amide bonds. The van der Waals surface area contributed by atoms with Gasteiger partial charge in [0, 0.05) is 17.1 Å². The predicted molar refractivity (Wildman–Crippen MR) is 79.0 cm³/mol. The van der Waals surface area contributed by atoms with Crippen molar-refractivity contribution in [1.82, 2.24) is 10.3 Å². The highest BCUT2D eigenvalue weighted by molar-refractivity contribution is 5.82. The van der Waals surface area contributed by atoms with Crippen LogP contribution < -0.4 is 5.32 Å². The third kappa shape index (κ3) is 2.50. The first-order chi connectivity index (χ1) is 10.2. The molecule has 0 spiro atoms. The van der Waals surface area contributed by atoms with Crippen LogP contribution >= 0.6 is 0 Å². The first-order valence-electron chi connectivity index (χ1n) is 6.66. The minimum atomic E-state index is -0.459. The molecule has 3 aromatic rings. The fourth-order valence-corrected chi connectivity index (χ4v) is 2.58. The van der Waals surface area contributed by atoms with Gasteiger partial charge in [-0.15, -0.1) is 0 Å².